The van der Waals surface area contributed by atoms with Crippen LogP contribution in [0.4, 0.5) is 8.78 Å². The van der Waals surface area contributed by atoms with Gasteiger partial charge >= 0.3 is 0 Å². The van der Waals surface area contributed by atoms with Gasteiger partial charge in [-0.3, -0.25) is 0 Å². The average Bonchev–Trinajstić information content (AvgIpc) is 2.33. The third-order valence-corrected chi connectivity index (χ3v) is 2.63. The molecule has 0 fully saturated rings. The summed E-state index contributed by atoms with van der Waals surface area (Å²) in [6, 6.07) is 3.23. The van der Waals surface area contributed by atoms with Gasteiger partial charge in [-0.05, 0) is 24.1 Å². The van der Waals surface area contributed by atoms with Gasteiger partial charge in [0.2, 0.25) is 0 Å². The van der Waals surface area contributed by atoms with Crippen LogP contribution in [-0.4, -0.2) is 17.7 Å². The minimum atomic E-state index is -0.944. The molecule has 0 aliphatic carbocycles. The number of aliphatic hydroxyl groups excluding tert-OH is 1. The third kappa shape index (κ3) is 3.61. The van der Waals surface area contributed by atoms with E-state index in [2.05, 4.69) is 11.9 Å². The highest BCUT2D eigenvalue weighted by Crippen LogP contribution is 2.20. The summed E-state index contributed by atoms with van der Waals surface area (Å²) in [5, 5.41) is 13.1. The van der Waals surface area contributed by atoms with Gasteiger partial charge < -0.3 is 10.4 Å². The van der Waals surface area contributed by atoms with Crippen molar-refractivity contribution in [1.29, 1.82) is 0 Å². The molecule has 0 heterocycles. The summed E-state index contributed by atoms with van der Waals surface area (Å²) in [5.74, 6) is -1.85. The SMILES string of the molecule is C=CCNC(CC)C(O)c1ccc(F)c(F)c1. The molecule has 0 aliphatic rings. The highest BCUT2D eigenvalue weighted by atomic mass is 19.2. The number of hydrogen-bond donors (Lipinski definition) is 2. The van der Waals surface area contributed by atoms with Crippen molar-refractivity contribution in [1.82, 2.24) is 5.32 Å². The van der Waals surface area contributed by atoms with Gasteiger partial charge in [0.05, 0.1) is 6.10 Å². The normalized spacial score (nSPS) is 14.4. The molecule has 2 atom stereocenters. The Balaban J connectivity index is 2.81. The maximum atomic E-state index is 13.0. The van der Waals surface area contributed by atoms with E-state index < -0.39 is 17.7 Å². The number of hydrogen-bond acceptors (Lipinski definition) is 2. The summed E-state index contributed by atoms with van der Waals surface area (Å²) in [4.78, 5) is 0. The first kappa shape index (κ1) is 13.8. The lowest BCUT2D eigenvalue weighted by Gasteiger charge is -2.22. The van der Waals surface area contributed by atoms with Crippen LogP contribution in [0.5, 0.6) is 0 Å². The first-order valence-electron chi connectivity index (χ1n) is 5.57. The van der Waals surface area contributed by atoms with Crippen LogP contribution in [0.25, 0.3) is 0 Å². The molecule has 94 valence electrons. The summed E-state index contributed by atoms with van der Waals surface area (Å²) >= 11 is 0. The standard InChI is InChI=1S/C13H17F2NO/c1-3-7-16-12(4-2)13(17)9-5-6-10(14)11(15)8-9/h3,5-6,8,12-13,16-17H,1,4,7H2,2H3. The summed E-state index contributed by atoms with van der Waals surface area (Å²) < 4.78 is 25.8. The summed E-state index contributed by atoms with van der Waals surface area (Å²) in [5.41, 5.74) is 0.368. The Kier molecular flexibility index (Phi) is 5.25. The van der Waals surface area contributed by atoms with E-state index in [9.17, 15) is 13.9 Å². The van der Waals surface area contributed by atoms with Crippen LogP contribution in [0.15, 0.2) is 30.9 Å². The van der Waals surface area contributed by atoms with E-state index in [0.717, 1.165) is 12.1 Å². The number of benzene rings is 1. The lowest BCUT2D eigenvalue weighted by molar-refractivity contribution is 0.127. The van der Waals surface area contributed by atoms with Crippen LogP contribution in [-0.2, 0) is 0 Å². The molecule has 0 bridgehead atoms. The van der Waals surface area contributed by atoms with Crippen molar-refractivity contribution in [2.24, 2.45) is 0 Å². The second kappa shape index (κ2) is 6.47. The van der Waals surface area contributed by atoms with Crippen molar-refractivity contribution in [2.75, 3.05) is 6.54 Å². The van der Waals surface area contributed by atoms with Crippen molar-refractivity contribution in [3.63, 3.8) is 0 Å². The highest BCUT2D eigenvalue weighted by Gasteiger charge is 2.19. The Bertz CT molecular complexity index is 382. The molecule has 4 heteroatoms. The van der Waals surface area contributed by atoms with Gasteiger partial charge in [-0.15, -0.1) is 6.58 Å². The van der Waals surface area contributed by atoms with E-state index in [1.807, 2.05) is 6.92 Å². The lowest BCUT2D eigenvalue weighted by atomic mass is 10.00. The van der Waals surface area contributed by atoms with Gasteiger partial charge in [0.25, 0.3) is 0 Å². The Morgan fingerprint density at radius 2 is 2.12 bits per heavy atom. The van der Waals surface area contributed by atoms with E-state index >= 15 is 0 Å². The topological polar surface area (TPSA) is 32.3 Å². The molecule has 2 nitrogen and oxygen atoms in total. The molecule has 2 unspecified atom stereocenters. The zero-order chi connectivity index (χ0) is 12.8. The van der Waals surface area contributed by atoms with Crippen LogP contribution in [0.3, 0.4) is 0 Å². The fraction of sp³-hybridized carbons (Fsp3) is 0.385. The highest BCUT2D eigenvalue weighted by molar-refractivity contribution is 5.21. The molecule has 1 aromatic rings. The van der Waals surface area contributed by atoms with Crippen LogP contribution in [0.1, 0.15) is 25.0 Å². The Morgan fingerprint density at radius 3 is 2.65 bits per heavy atom. The smallest absolute Gasteiger partial charge is 0.159 e. The van der Waals surface area contributed by atoms with Gasteiger partial charge in [0.15, 0.2) is 11.6 Å². The van der Waals surface area contributed by atoms with Gasteiger partial charge in [-0.2, -0.15) is 0 Å². The van der Waals surface area contributed by atoms with Crippen molar-refractivity contribution >= 4 is 0 Å². The molecule has 0 spiro atoms. The maximum Gasteiger partial charge on any atom is 0.159 e. The Labute approximate surface area is 100.0 Å². The van der Waals surface area contributed by atoms with E-state index in [-0.39, 0.29) is 6.04 Å². The van der Waals surface area contributed by atoms with E-state index in [1.165, 1.54) is 6.07 Å². The quantitative estimate of drug-likeness (QED) is 0.750. The molecule has 1 rings (SSSR count). The Hall–Kier alpha value is -1.26. The minimum absolute atomic E-state index is 0.210. The number of rotatable bonds is 6. The van der Waals surface area contributed by atoms with Crippen LogP contribution in [0.2, 0.25) is 0 Å². The van der Waals surface area contributed by atoms with Crippen molar-refractivity contribution < 1.29 is 13.9 Å². The molecule has 0 saturated heterocycles. The van der Waals surface area contributed by atoms with Gasteiger partial charge in [0.1, 0.15) is 0 Å². The van der Waals surface area contributed by atoms with Crippen LogP contribution < -0.4 is 5.32 Å². The minimum Gasteiger partial charge on any atom is -0.387 e. The molecule has 0 amide bonds. The van der Waals surface area contributed by atoms with Gasteiger partial charge in [-0.1, -0.05) is 19.1 Å². The molecule has 0 aromatic heterocycles. The molecule has 17 heavy (non-hydrogen) atoms. The average molecular weight is 241 g/mol. The summed E-state index contributed by atoms with van der Waals surface area (Å²) in [7, 11) is 0. The fourth-order valence-corrected chi connectivity index (χ4v) is 1.64. The molecular formula is C13H17F2NO. The number of halogens is 2. The number of aliphatic hydroxyl groups is 1. The molecule has 0 radical (unpaired) electrons. The lowest BCUT2D eigenvalue weighted by Crippen LogP contribution is -2.34. The molecular weight excluding hydrogens is 224 g/mol. The van der Waals surface area contributed by atoms with Crippen molar-refractivity contribution in [3.8, 4) is 0 Å². The molecule has 0 aliphatic heterocycles. The third-order valence-electron chi connectivity index (χ3n) is 2.63. The second-order valence-corrected chi connectivity index (χ2v) is 3.83. The van der Waals surface area contributed by atoms with Gasteiger partial charge in [0, 0.05) is 12.6 Å². The largest absolute Gasteiger partial charge is 0.387 e. The predicted molar refractivity (Wildman–Crippen MR) is 63.6 cm³/mol. The van der Waals surface area contributed by atoms with Crippen LogP contribution in [0, 0.1) is 11.6 Å². The zero-order valence-corrected chi connectivity index (χ0v) is 9.79. The Morgan fingerprint density at radius 1 is 1.41 bits per heavy atom. The van der Waals surface area contributed by atoms with E-state index in [0.29, 0.717) is 18.5 Å². The van der Waals surface area contributed by atoms with E-state index in [4.69, 9.17) is 0 Å². The summed E-state index contributed by atoms with van der Waals surface area (Å²) in [6.07, 6.45) is 1.49. The molecule has 2 N–H and O–H groups in total. The summed E-state index contributed by atoms with van der Waals surface area (Å²) in [6.45, 7) is 6.03. The first-order valence-corrected chi connectivity index (χ1v) is 5.57. The zero-order valence-electron chi connectivity index (χ0n) is 9.79. The monoisotopic (exact) mass is 241 g/mol. The van der Waals surface area contributed by atoms with E-state index in [1.54, 1.807) is 6.08 Å². The van der Waals surface area contributed by atoms with Crippen molar-refractivity contribution in [2.45, 2.75) is 25.5 Å². The predicted octanol–water partition coefficient (Wildman–Crippen LogP) is 2.55. The number of nitrogens with one attached hydrogen (secondary N) is 1. The fourth-order valence-electron chi connectivity index (χ4n) is 1.64. The second-order valence-electron chi connectivity index (χ2n) is 3.83. The first-order chi connectivity index (χ1) is 8.10. The molecule has 0 saturated carbocycles. The maximum absolute atomic E-state index is 13.0. The van der Waals surface area contributed by atoms with Crippen LogP contribution >= 0.6 is 0 Å². The molecule has 1 aromatic carbocycles. The van der Waals surface area contributed by atoms with Gasteiger partial charge in [-0.25, -0.2) is 8.78 Å². The van der Waals surface area contributed by atoms with Crippen molar-refractivity contribution in [3.05, 3.63) is 48.1 Å².